The van der Waals surface area contributed by atoms with E-state index in [0.717, 1.165) is 100 Å². The van der Waals surface area contributed by atoms with Crippen LogP contribution in [0.5, 0.6) is 0 Å². The second kappa shape index (κ2) is 32.0. The van der Waals surface area contributed by atoms with E-state index in [-0.39, 0.29) is 5.41 Å². The number of aromatic nitrogens is 9. The van der Waals surface area contributed by atoms with E-state index >= 15 is 0 Å². The van der Waals surface area contributed by atoms with Gasteiger partial charge >= 0.3 is 0 Å². The van der Waals surface area contributed by atoms with Crippen molar-refractivity contribution in [2.75, 3.05) is 0 Å². The van der Waals surface area contributed by atoms with Crippen molar-refractivity contribution in [1.29, 1.82) is 0 Å². The van der Waals surface area contributed by atoms with Gasteiger partial charge in [0.25, 0.3) is 0 Å². The van der Waals surface area contributed by atoms with Crippen molar-refractivity contribution in [2.45, 2.75) is 19.3 Å². The van der Waals surface area contributed by atoms with Crippen LogP contribution in [0.4, 0.5) is 0 Å². The molecule has 7 aromatic heterocycles. The first-order valence-corrected chi connectivity index (χ1v) is 45.4. The first-order valence-electron chi connectivity index (χ1n) is 45.4. The van der Waals surface area contributed by atoms with Crippen LogP contribution in [0, 0.1) is 0 Å². The molecule has 0 atom stereocenters. The molecule has 0 amide bonds. The molecular weight excluding hydrogens is 1620 g/mol. The van der Waals surface area contributed by atoms with Gasteiger partial charge in [-0.2, -0.15) is 0 Å². The third kappa shape index (κ3) is 13.4. The van der Waals surface area contributed by atoms with Crippen molar-refractivity contribution in [3.8, 4) is 113 Å². The molecule has 0 aliphatic heterocycles. The lowest BCUT2D eigenvalue weighted by Crippen LogP contribution is -2.15. The molecule has 27 rings (SSSR count). The summed E-state index contributed by atoms with van der Waals surface area (Å²) in [5.74, 6) is 1.34. The predicted molar refractivity (Wildman–Crippen MR) is 554 cm³/mol. The first-order chi connectivity index (χ1) is 65.7. The highest BCUT2D eigenvalue weighted by Gasteiger charge is 2.36. The number of hydrogen-bond donors (Lipinski definition) is 0. The summed E-state index contributed by atoms with van der Waals surface area (Å²) in [6.07, 6.45) is 0. The summed E-state index contributed by atoms with van der Waals surface area (Å²) in [5.41, 5.74) is 33.8. The smallest absolute Gasteiger partial charge is 0.235 e. The number of pyridine rings is 1. The first kappa shape index (κ1) is 77.8. The zero-order valence-electron chi connectivity index (χ0n) is 73.0. The molecule has 0 radical (unpaired) electrons. The Hall–Kier alpha value is -17.5. The van der Waals surface area contributed by atoms with E-state index < -0.39 is 0 Å². The van der Waals surface area contributed by atoms with E-state index in [2.05, 4.69) is 451 Å². The van der Waals surface area contributed by atoms with Crippen LogP contribution in [-0.4, -0.2) is 43.2 Å². The summed E-state index contributed by atoms with van der Waals surface area (Å²) in [5, 5.41) is 14.4. The van der Waals surface area contributed by atoms with Gasteiger partial charge in [0.2, 0.25) is 11.9 Å². The van der Waals surface area contributed by atoms with E-state index in [9.17, 15) is 0 Å². The normalized spacial score (nSPS) is 12.2. The molecule has 9 heteroatoms. The van der Waals surface area contributed by atoms with Crippen molar-refractivity contribution >= 4 is 120 Å². The standard InChI is InChI=1S/C45H31N3.C45H29N3.C34H23N3/c1-45(2)37-18-10-8-16-33(37)34-23-21-31(26-38(34)45)43-35-17-9-11-19-39(35)46-44(47-43)48-40-25-22-29-14-6-7-15-32(29)42(40)36-24-20-30(27-41(36)48)28-12-4-3-5-13-28;1-3-11-30(12-4-1)40-24-20-31-19-23-35(29-41(31)46-40)48-43-18-10-8-16-37(43)39-28-33(22-26-45(39)48)32-21-25-44-38(27-32)36-15-7-9-17-42(36)47(44)34-13-5-2-6-14-34;1-4-12-24(13-5-1)27-20-21-29-28-18-10-11-19-32(28)37(33(29)22-27)34-35-30(25-14-6-2-7-15-25)23-31(36-34)26-16-8-3-9-17-26/h3-27H,1-2H3;1-29H;1-23H. The summed E-state index contributed by atoms with van der Waals surface area (Å²) >= 11 is 0. The molecule has 0 bridgehead atoms. The fraction of sp³-hybridized carbons (Fsp3) is 0.0242. The molecule has 0 saturated heterocycles. The minimum Gasteiger partial charge on any atom is -0.309 e. The Morgan fingerprint density at radius 2 is 0.602 bits per heavy atom. The molecule has 133 heavy (non-hydrogen) atoms. The minimum atomic E-state index is -0.102. The molecule has 19 aromatic carbocycles. The number of para-hydroxylation sites is 5. The van der Waals surface area contributed by atoms with E-state index in [4.69, 9.17) is 24.9 Å². The zero-order chi connectivity index (χ0) is 88.2. The third-order valence-corrected chi connectivity index (χ3v) is 26.9. The number of fused-ring (bicyclic) bond motifs is 19. The van der Waals surface area contributed by atoms with Gasteiger partial charge < -0.3 is 9.13 Å². The van der Waals surface area contributed by atoms with E-state index in [1.54, 1.807) is 0 Å². The van der Waals surface area contributed by atoms with Crippen molar-refractivity contribution in [2.24, 2.45) is 0 Å². The average molecular weight is 1700 g/mol. The van der Waals surface area contributed by atoms with Gasteiger partial charge in [-0.3, -0.25) is 9.13 Å². The summed E-state index contributed by atoms with van der Waals surface area (Å²) in [7, 11) is 0. The summed E-state index contributed by atoms with van der Waals surface area (Å²) in [6.45, 7) is 4.66. The third-order valence-electron chi connectivity index (χ3n) is 26.9. The maximum atomic E-state index is 5.47. The second-order valence-corrected chi connectivity index (χ2v) is 35.0. The minimum absolute atomic E-state index is 0.102. The number of hydrogen-bond acceptors (Lipinski definition) is 5. The molecule has 9 nitrogen and oxygen atoms in total. The van der Waals surface area contributed by atoms with Crippen molar-refractivity contribution in [3.05, 3.63) is 478 Å². The molecule has 624 valence electrons. The van der Waals surface area contributed by atoms with E-state index in [1.165, 1.54) is 132 Å². The van der Waals surface area contributed by atoms with Crippen molar-refractivity contribution < 1.29 is 0 Å². The number of rotatable bonds is 11. The summed E-state index contributed by atoms with van der Waals surface area (Å²) in [4.78, 5) is 26.1. The van der Waals surface area contributed by atoms with Gasteiger partial charge in [-0.25, -0.2) is 24.9 Å². The van der Waals surface area contributed by atoms with Crippen LogP contribution in [0.3, 0.4) is 0 Å². The van der Waals surface area contributed by atoms with Crippen LogP contribution in [-0.2, 0) is 5.41 Å². The Balaban J connectivity index is 0.000000108. The van der Waals surface area contributed by atoms with Gasteiger partial charge in [-0.1, -0.05) is 372 Å². The molecule has 0 spiro atoms. The van der Waals surface area contributed by atoms with Crippen LogP contribution in [0.2, 0.25) is 0 Å². The van der Waals surface area contributed by atoms with Crippen LogP contribution >= 0.6 is 0 Å². The number of nitrogens with zero attached hydrogens (tertiary/aromatic N) is 9. The monoisotopic (exact) mass is 1700 g/mol. The Morgan fingerprint density at radius 3 is 1.22 bits per heavy atom. The quantitative estimate of drug-likeness (QED) is 0.129. The van der Waals surface area contributed by atoms with Crippen LogP contribution in [0.25, 0.3) is 233 Å². The molecule has 0 N–H and O–H groups in total. The Bertz CT molecular complexity index is 9030. The fourth-order valence-electron chi connectivity index (χ4n) is 20.5. The van der Waals surface area contributed by atoms with Gasteiger partial charge in [0.15, 0.2) is 0 Å². The molecule has 26 aromatic rings. The summed E-state index contributed by atoms with van der Waals surface area (Å²) in [6, 6.07) is 166. The van der Waals surface area contributed by atoms with Gasteiger partial charge in [0.05, 0.1) is 77.9 Å². The molecule has 0 saturated carbocycles. The molecular formula is C124H83N9. The summed E-state index contributed by atoms with van der Waals surface area (Å²) < 4.78 is 9.22. The number of benzene rings is 19. The van der Waals surface area contributed by atoms with Gasteiger partial charge in [-0.05, 0) is 176 Å². The lowest BCUT2D eigenvalue weighted by molar-refractivity contribution is 0.660. The Kier molecular flexibility index (Phi) is 18.7. The van der Waals surface area contributed by atoms with E-state index in [1.807, 2.05) is 48.5 Å². The highest BCUT2D eigenvalue weighted by molar-refractivity contribution is 6.22. The molecule has 7 heterocycles. The average Bonchev–Trinajstić information content (AvgIpc) is 1.55. The van der Waals surface area contributed by atoms with Crippen molar-refractivity contribution in [3.63, 3.8) is 0 Å². The van der Waals surface area contributed by atoms with Crippen LogP contribution < -0.4 is 0 Å². The topological polar surface area (TPSA) is 84.2 Å². The van der Waals surface area contributed by atoms with E-state index in [0.29, 0.717) is 11.9 Å². The lowest BCUT2D eigenvalue weighted by atomic mass is 9.82. The molecule has 1 aliphatic carbocycles. The van der Waals surface area contributed by atoms with Gasteiger partial charge in [-0.15, -0.1) is 0 Å². The SMILES string of the molecule is CC1(C)c2ccccc2-c2ccc(-c3nc(-n4c5cc(-c6ccccc6)ccc5c5c6ccccc6ccc54)nc4ccccc34)cc21.c1ccc(-c2ccc3c4ccccc4n(-c4nc(-c5ccccc5)cc(-c5ccccc5)n4)c3c2)cc1.c1ccc(-c2ccc3ccc(-n4c5ccccc5c5cc(-c6ccc7c(c6)c6ccccc6n7-c6ccccc6)ccc54)cc3n2)cc1. The highest BCUT2D eigenvalue weighted by atomic mass is 15.2. The lowest BCUT2D eigenvalue weighted by Gasteiger charge is -2.22. The Morgan fingerprint density at radius 1 is 0.188 bits per heavy atom. The molecule has 0 fully saturated rings. The maximum absolute atomic E-state index is 5.47. The molecule has 0 unspecified atom stereocenters. The zero-order valence-corrected chi connectivity index (χ0v) is 73.0. The molecule has 1 aliphatic rings. The largest absolute Gasteiger partial charge is 0.309 e. The Labute approximate surface area is 768 Å². The predicted octanol–water partition coefficient (Wildman–Crippen LogP) is 31.9. The highest BCUT2D eigenvalue weighted by Crippen LogP contribution is 2.51. The van der Waals surface area contributed by atoms with Crippen molar-refractivity contribution in [1.82, 2.24) is 43.2 Å². The van der Waals surface area contributed by atoms with Gasteiger partial charge in [0.1, 0.15) is 0 Å². The maximum Gasteiger partial charge on any atom is 0.235 e. The van der Waals surface area contributed by atoms with Gasteiger partial charge in [0, 0.05) is 92.9 Å². The fourth-order valence-corrected chi connectivity index (χ4v) is 20.5. The van der Waals surface area contributed by atoms with Crippen LogP contribution in [0.15, 0.2) is 467 Å². The second-order valence-electron chi connectivity index (χ2n) is 35.0. The van der Waals surface area contributed by atoms with Crippen LogP contribution in [0.1, 0.15) is 25.0 Å².